The van der Waals surface area contributed by atoms with Gasteiger partial charge in [0.05, 0.1) is 9.79 Å². The number of aromatic nitrogens is 3. The number of benzene rings is 1. The zero-order valence-corrected chi connectivity index (χ0v) is 15.1. The Morgan fingerprint density at radius 3 is 2.21 bits per heavy atom. The van der Waals surface area contributed by atoms with Crippen LogP contribution in [0.3, 0.4) is 0 Å². The summed E-state index contributed by atoms with van der Waals surface area (Å²) in [6.45, 7) is 1.39. The Balaban J connectivity index is 2.62. The number of amides is 1. The van der Waals surface area contributed by atoms with E-state index in [0.717, 1.165) is 18.6 Å². The first kappa shape index (κ1) is 18.1. The molecule has 11 heteroatoms. The van der Waals surface area contributed by atoms with Gasteiger partial charge in [-0.05, 0) is 24.6 Å². The van der Waals surface area contributed by atoms with Gasteiger partial charge in [0, 0.05) is 25.1 Å². The molecule has 2 aromatic rings. The van der Waals surface area contributed by atoms with Crippen LogP contribution < -0.4 is 5.32 Å². The monoisotopic (exact) mass is 372 g/mol. The number of sulfone groups is 2. The minimum absolute atomic E-state index is 0.0332. The van der Waals surface area contributed by atoms with Crippen molar-refractivity contribution in [1.29, 1.82) is 0 Å². The van der Waals surface area contributed by atoms with E-state index in [1.165, 1.54) is 24.0 Å². The van der Waals surface area contributed by atoms with E-state index in [4.69, 9.17) is 0 Å². The first-order valence-electron chi connectivity index (χ1n) is 6.62. The molecule has 1 heterocycles. The lowest BCUT2D eigenvalue weighted by Crippen LogP contribution is -2.19. The van der Waals surface area contributed by atoms with Crippen molar-refractivity contribution >= 4 is 31.5 Å². The number of anilines is 1. The summed E-state index contributed by atoms with van der Waals surface area (Å²) in [5.74, 6) is -0.443. The minimum atomic E-state index is -3.87. The number of aryl methyl sites for hydroxylation is 1. The first-order valence-corrected chi connectivity index (χ1v) is 10.4. The molecular formula is C13H16N4O5S2. The van der Waals surface area contributed by atoms with Crippen LogP contribution in [0.5, 0.6) is 0 Å². The molecule has 0 aliphatic heterocycles. The zero-order chi connectivity index (χ0) is 18.3. The Bertz CT molecular complexity index is 1020. The van der Waals surface area contributed by atoms with Gasteiger partial charge in [-0.25, -0.2) is 21.5 Å². The van der Waals surface area contributed by atoms with E-state index in [1.807, 2.05) is 0 Å². The van der Waals surface area contributed by atoms with Gasteiger partial charge in [-0.15, -0.1) is 0 Å². The summed E-state index contributed by atoms with van der Waals surface area (Å²) in [5.41, 5.74) is 0.0888. The number of rotatable bonds is 4. The third kappa shape index (κ3) is 3.46. The van der Waals surface area contributed by atoms with Crippen molar-refractivity contribution < 1.29 is 21.6 Å². The summed E-state index contributed by atoms with van der Waals surface area (Å²) in [6.07, 6.45) is 3.06. The van der Waals surface area contributed by atoms with E-state index in [9.17, 15) is 21.6 Å². The Labute approximate surface area is 139 Å². The van der Waals surface area contributed by atoms with Crippen molar-refractivity contribution in [3.63, 3.8) is 0 Å². The van der Waals surface area contributed by atoms with E-state index in [1.54, 1.807) is 7.05 Å². The highest BCUT2D eigenvalue weighted by molar-refractivity contribution is 7.93. The van der Waals surface area contributed by atoms with Gasteiger partial charge in [-0.1, -0.05) is 0 Å². The fourth-order valence-corrected chi connectivity index (χ4v) is 5.06. The standard InChI is InChI=1S/C13H16N4O5S2/c1-8-9(12(18)16-13-14-7-15-17(13)2)5-6-10(23(3,19)20)11(8)24(4,21)22/h5-7H,1-4H3,(H,14,15,16,18). The van der Waals surface area contributed by atoms with Crippen molar-refractivity contribution in [1.82, 2.24) is 14.8 Å². The topological polar surface area (TPSA) is 128 Å². The average molecular weight is 372 g/mol. The van der Waals surface area contributed by atoms with Crippen LogP contribution in [0.15, 0.2) is 28.3 Å². The first-order chi connectivity index (χ1) is 10.9. The van der Waals surface area contributed by atoms with E-state index in [2.05, 4.69) is 15.4 Å². The molecule has 0 saturated heterocycles. The fourth-order valence-electron chi connectivity index (χ4n) is 2.24. The molecule has 1 aromatic heterocycles. The summed E-state index contributed by atoms with van der Waals surface area (Å²) < 4.78 is 49.1. The maximum absolute atomic E-state index is 12.4. The van der Waals surface area contributed by atoms with Crippen molar-refractivity contribution in [3.05, 3.63) is 29.6 Å². The van der Waals surface area contributed by atoms with E-state index >= 15 is 0 Å². The van der Waals surface area contributed by atoms with Crippen molar-refractivity contribution in [2.75, 3.05) is 17.8 Å². The fraction of sp³-hybridized carbons (Fsp3) is 0.308. The molecule has 0 spiro atoms. The van der Waals surface area contributed by atoms with Gasteiger partial charge in [0.2, 0.25) is 5.95 Å². The third-order valence-corrected chi connectivity index (χ3v) is 5.86. The number of hydrogen-bond donors (Lipinski definition) is 1. The van der Waals surface area contributed by atoms with Crippen molar-refractivity contribution in [2.45, 2.75) is 16.7 Å². The summed E-state index contributed by atoms with van der Waals surface area (Å²) in [4.78, 5) is 15.5. The SMILES string of the molecule is Cc1c(C(=O)Nc2ncnn2C)ccc(S(C)(=O)=O)c1S(C)(=O)=O. The number of carbonyl (C=O) groups excluding carboxylic acids is 1. The van der Waals surface area contributed by atoms with Crippen LogP contribution in [0.1, 0.15) is 15.9 Å². The Morgan fingerprint density at radius 1 is 1.12 bits per heavy atom. The van der Waals surface area contributed by atoms with Gasteiger partial charge in [0.25, 0.3) is 5.91 Å². The molecule has 2 rings (SSSR count). The zero-order valence-electron chi connectivity index (χ0n) is 13.4. The molecule has 1 amide bonds. The van der Waals surface area contributed by atoms with Gasteiger partial charge >= 0.3 is 0 Å². The van der Waals surface area contributed by atoms with E-state index < -0.39 is 25.6 Å². The number of carbonyl (C=O) groups is 1. The van der Waals surface area contributed by atoms with Crippen LogP contribution >= 0.6 is 0 Å². The predicted molar refractivity (Wildman–Crippen MR) is 86.4 cm³/mol. The molecule has 1 N–H and O–H groups in total. The minimum Gasteiger partial charge on any atom is -0.291 e. The molecule has 0 radical (unpaired) electrons. The highest BCUT2D eigenvalue weighted by Crippen LogP contribution is 2.27. The van der Waals surface area contributed by atoms with Crippen LogP contribution in [0.4, 0.5) is 5.95 Å². The molecule has 0 saturated carbocycles. The Morgan fingerprint density at radius 2 is 1.75 bits per heavy atom. The highest BCUT2D eigenvalue weighted by atomic mass is 32.2. The maximum atomic E-state index is 12.4. The van der Waals surface area contributed by atoms with Gasteiger partial charge in [-0.3, -0.25) is 10.1 Å². The largest absolute Gasteiger partial charge is 0.291 e. The van der Waals surface area contributed by atoms with E-state index in [-0.39, 0.29) is 26.9 Å². The summed E-state index contributed by atoms with van der Waals surface area (Å²) >= 11 is 0. The van der Waals surface area contributed by atoms with Crippen molar-refractivity contribution in [2.24, 2.45) is 7.05 Å². The lowest BCUT2D eigenvalue weighted by molar-refractivity contribution is 0.102. The second kappa shape index (κ2) is 5.98. The Hall–Kier alpha value is -2.27. The maximum Gasteiger partial charge on any atom is 0.258 e. The van der Waals surface area contributed by atoms with Gasteiger partial charge in [-0.2, -0.15) is 10.1 Å². The predicted octanol–water partition coefficient (Wildman–Crippen LogP) is 0.183. The summed E-state index contributed by atoms with van der Waals surface area (Å²) in [5, 5.41) is 6.29. The molecule has 1 aromatic carbocycles. The Kier molecular flexibility index (Phi) is 4.50. The number of hydrogen-bond acceptors (Lipinski definition) is 7. The molecule has 0 unspecified atom stereocenters. The molecule has 9 nitrogen and oxygen atoms in total. The molecule has 0 atom stereocenters. The normalized spacial score (nSPS) is 12.2. The van der Waals surface area contributed by atoms with Gasteiger partial charge in [0.15, 0.2) is 19.7 Å². The molecule has 0 aliphatic rings. The molecule has 130 valence electrons. The third-order valence-electron chi connectivity index (χ3n) is 3.32. The van der Waals surface area contributed by atoms with Crippen LogP contribution in [-0.4, -0.2) is 50.0 Å². The van der Waals surface area contributed by atoms with Crippen LogP contribution in [0, 0.1) is 6.92 Å². The lowest BCUT2D eigenvalue weighted by atomic mass is 10.1. The second-order valence-electron chi connectivity index (χ2n) is 5.27. The van der Waals surface area contributed by atoms with Gasteiger partial charge < -0.3 is 0 Å². The quantitative estimate of drug-likeness (QED) is 0.811. The molecule has 24 heavy (non-hydrogen) atoms. The van der Waals surface area contributed by atoms with Crippen LogP contribution in [-0.2, 0) is 26.7 Å². The average Bonchev–Trinajstić information content (AvgIpc) is 2.81. The molecule has 0 bridgehead atoms. The van der Waals surface area contributed by atoms with Gasteiger partial charge in [0.1, 0.15) is 6.33 Å². The van der Waals surface area contributed by atoms with Crippen molar-refractivity contribution in [3.8, 4) is 0 Å². The number of nitrogens with zero attached hydrogens (tertiary/aromatic N) is 3. The summed E-state index contributed by atoms with van der Waals surface area (Å²) in [6, 6.07) is 2.39. The number of nitrogens with one attached hydrogen (secondary N) is 1. The molecular weight excluding hydrogens is 356 g/mol. The van der Waals surface area contributed by atoms with E-state index in [0.29, 0.717) is 0 Å². The van der Waals surface area contributed by atoms with Crippen LogP contribution in [0.2, 0.25) is 0 Å². The smallest absolute Gasteiger partial charge is 0.258 e. The van der Waals surface area contributed by atoms with Crippen LogP contribution in [0.25, 0.3) is 0 Å². The summed E-state index contributed by atoms with van der Waals surface area (Å²) in [7, 11) is -6.07. The molecule has 0 aliphatic carbocycles. The highest BCUT2D eigenvalue weighted by Gasteiger charge is 2.26. The molecule has 0 fully saturated rings. The lowest BCUT2D eigenvalue weighted by Gasteiger charge is -2.14. The second-order valence-corrected chi connectivity index (χ2v) is 9.21.